The summed E-state index contributed by atoms with van der Waals surface area (Å²) in [6, 6.07) is 17.2. The van der Waals surface area contributed by atoms with Crippen LogP contribution in [0.1, 0.15) is 37.7 Å². The van der Waals surface area contributed by atoms with Crippen LogP contribution in [0.25, 0.3) is 11.0 Å². The van der Waals surface area contributed by atoms with E-state index in [4.69, 9.17) is 0 Å². The van der Waals surface area contributed by atoms with Crippen LogP contribution in [0.3, 0.4) is 0 Å². The molecule has 0 aliphatic heterocycles. The van der Waals surface area contributed by atoms with E-state index >= 15 is 0 Å². The molecule has 0 bridgehead atoms. The molecule has 2 aromatic carbocycles. The summed E-state index contributed by atoms with van der Waals surface area (Å²) >= 11 is 0. The molecule has 0 saturated heterocycles. The Kier molecular flexibility index (Phi) is 4.12. The molecule has 1 aromatic heterocycles. The molecule has 3 rings (SSSR count). The van der Waals surface area contributed by atoms with E-state index in [2.05, 4.69) is 66.2 Å². The summed E-state index contributed by atoms with van der Waals surface area (Å²) in [4.78, 5) is 4.58. The van der Waals surface area contributed by atoms with Crippen LogP contribution in [-0.4, -0.2) is 16.2 Å². The second kappa shape index (κ2) is 6.07. The van der Waals surface area contributed by atoms with Gasteiger partial charge in [0.05, 0.1) is 11.0 Å². The van der Waals surface area contributed by atoms with Gasteiger partial charge in [0.1, 0.15) is 5.82 Å². The Bertz CT molecular complexity index is 792. The van der Waals surface area contributed by atoms with E-state index in [1.165, 1.54) is 11.1 Å². The van der Waals surface area contributed by atoms with Gasteiger partial charge in [-0.15, -0.1) is 0 Å². The highest BCUT2D eigenvalue weighted by atomic mass is 15.4. The second-order valence-electron chi connectivity index (χ2n) is 7.09. The van der Waals surface area contributed by atoms with Gasteiger partial charge < -0.3 is 5.43 Å². The van der Waals surface area contributed by atoms with E-state index in [0.717, 1.165) is 29.8 Å². The minimum absolute atomic E-state index is 0.212. The molecule has 120 valence electrons. The Morgan fingerprint density at radius 1 is 1.00 bits per heavy atom. The van der Waals surface area contributed by atoms with Crippen LogP contribution in [-0.2, 0) is 11.8 Å². The van der Waals surface area contributed by atoms with Crippen molar-refractivity contribution in [2.24, 2.45) is 0 Å². The first kappa shape index (κ1) is 15.6. The van der Waals surface area contributed by atoms with Crippen molar-refractivity contribution in [2.75, 3.05) is 12.0 Å². The van der Waals surface area contributed by atoms with Crippen molar-refractivity contribution in [1.82, 2.24) is 9.66 Å². The molecule has 1 N–H and O–H groups in total. The fourth-order valence-corrected chi connectivity index (χ4v) is 2.83. The van der Waals surface area contributed by atoms with E-state index in [-0.39, 0.29) is 5.41 Å². The average Bonchev–Trinajstić information content (AvgIpc) is 2.83. The lowest BCUT2D eigenvalue weighted by atomic mass is 9.86. The van der Waals surface area contributed by atoms with Gasteiger partial charge in [-0.2, -0.15) is 0 Å². The molecule has 0 amide bonds. The van der Waals surface area contributed by atoms with Crippen LogP contribution < -0.4 is 5.43 Å². The zero-order chi connectivity index (χ0) is 16.4. The Labute approximate surface area is 138 Å². The van der Waals surface area contributed by atoms with Crippen molar-refractivity contribution < 1.29 is 0 Å². The van der Waals surface area contributed by atoms with Gasteiger partial charge in [-0.1, -0.05) is 57.2 Å². The lowest BCUT2D eigenvalue weighted by Gasteiger charge is -2.19. The number of nitrogens with one attached hydrogen (secondary N) is 1. The molecule has 3 nitrogen and oxygen atoms in total. The number of nitrogens with zero attached hydrogens (tertiary/aromatic N) is 2. The summed E-state index contributed by atoms with van der Waals surface area (Å²) in [5.74, 6) is 0.995. The molecule has 0 fully saturated rings. The highest BCUT2D eigenvalue weighted by Crippen LogP contribution is 2.22. The minimum Gasteiger partial charge on any atom is -0.324 e. The molecule has 0 unspecified atom stereocenters. The zero-order valence-electron chi connectivity index (χ0n) is 14.4. The summed E-state index contributed by atoms with van der Waals surface area (Å²) in [6.07, 6.45) is 0.996. The van der Waals surface area contributed by atoms with E-state index in [9.17, 15) is 0 Å². The third kappa shape index (κ3) is 3.39. The van der Waals surface area contributed by atoms with Gasteiger partial charge in [-0.3, -0.25) is 0 Å². The van der Waals surface area contributed by atoms with Gasteiger partial charge in [0, 0.05) is 6.54 Å². The topological polar surface area (TPSA) is 29.9 Å². The monoisotopic (exact) mass is 307 g/mol. The molecule has 0 saturated carbocycles. The molecule has 1 heterocycles. The maximum atomic E-state index is 4.58. The van der Waals surface area contributed by atoms with Crippen molar-refractivity contribution >= 4 is 11.0 Å². The van der Waals surface area contributed by atoms with Gasteiger partial charge in [0.25, 0.3) is 0 Å². The maximum absolute atomic E-state index is 4.58. The lowest BCUT2D eigenvalue weighted by molar-refractivity contribution is 0.590. The van der Waals surface area contributed by atoms with E-state index in [1.54, 1.807) is 0 Å². The third-order valence-electron chi connectivity index (χ3n) is 4.23. The molecular weight excluding hydrogens is 282 g/mol. The molecular formula is C20H25N3. The van der Waals surface area contributed by atoms with Crippen molar-refractivity contribution in [3.05, 3.63) is 65.5 Å². The summed E-state index contributed by atoms with van der Waals surface area (Å²) in [5, 5.41) is 0. The second-order valence-corrected chi connectivity index (χ2v) is 7.09. The van der Waals surface area contributed by atoms with Crippen molar-refractivity contribution in [3.8, 4) is 0 Å². The van der Waals surface area contributed by atoms with E-state index in [0.29, 0.717) is 0 Å². The molecule has 0 aliphatic carbocycles. The van der Waals surface area contributed by atoms with Crippen molar-refractivity contribution in [1.29, 1.82) is 0 Å². The fourth-order valence-electron chi connectivity index (χ4n) is 2.83. The highest BCUT2D eigenvalue weighted by Gasteiger charge is 2.12. The maximum Gasteiger partial charge on any atom is 0.125 e. The summed E-state index contributed by atoms with van der Waals surface area (Å²) < 4.78 is 2.08. The number of para-hydroxylation sites is 2. The Morgan fingerprint density at radius 2 is 1.70 bits per heavy atom. The number of hydrogen-bond acceptors (Lipinski definition) is 2. The normalized spacial score (nSPS) is 11.8. The van der Waals surface area contributed by atoms with Crippen molar-refractivity contribution in [3.63, 3.8) is 0 Å². The first-order chi connectivity index (χ1) is 10.9. The Hall–Kier alpha value is -2.29. The summed E-state index contributed by atoms with van der Waals surface area (Å²) in [5.41, 5.74) is 8.60. The minimum atomic E-state index is 0.212. The number of aromatic nitrogens is 2. The van der Waals surface area contributed by atoms with Gasteiger partial charge >= 0.3 is 0 Å². The number of fused-ring (bicyclic) bond motifs is 1. The van der Waals surface area contributed by atoms with Crippen LogP contribution in [0.15, 0.2) is 48.5 Å². The number of rotatable bonds is 4. The third-order valence-corrected chi connectivity index (χ3v) is 4.23. The Morgan fingerprint density at radius 3 is 2.39 bits per heavy atom. The number of aryl methyl sites for hydroxylation is 1. The smallest absolute Gasteiger partial charge is 0.125 e. The standard InChI is InChI=1S/C20H25N3/c1-15-22-18-7-5-6-8-19(18)23(15)21-14-13-16-9-11-17(12-10-16)20(2,3)4/h5-12,21H,13-14H2,1-4H3. The fraction of sp³-hybridized carbons (Fsp3) is 0.350. The predicted octanol–water partition coefficient (Wildman–Crippen LogP) is 4.43. The van der Waals surface area contributed by atoms with Crippen LogP contribution in [0.4, 0.5) is 0 Å². The van der Waals surface area contributed by atoms with Crippen LogP contribution in [0, 0.1) is 6.92 Å². The summed E-state index contributed by atoms with van der Waals surface area (Å²) in [7, 11) is 0. The molecule has 0 atom stereocenters. The van der Waals surface area contributed by atoms with Crippen LogP contribution in [0.5, 0.6) is 0 Å². The average molecular weight is 307 g/mol. The van der Waals surface area contributed by atoms with Gasteiger partial charge in [0.15, 0.2) is 0 Å². The van der Waals surface area contributed by atoms with Gasteiger partial charge in [-0.05, 0) is 42.0 Å². The quantitative estimate of drug-likeness (QED) is 0.773. The SMILES string of the molecule is Cc1nc2ccccc2n1NCCc1ccc(C(C)(C)C)cc1. The largest absolute Gasteiger partial charge is 0.324 e. The van der Waals surface area contributed by atoms with Crippen molar-refractivity contribution in [2.45, 2.75) is 39.5 Å². The first-order valence-corrected chi connectivity index (χ1v) is 8.22. The van der Waals surface area contributed by atoms with E-state index < -0.39 is 0 Å². The molecule has 23 heavy (non-hydrogen) atoms. The Balaban J connectivity index is 1.66. The number of hydrogen-bond donors (Lipinski definition) is 1. The zero-order valence-corrected chi connectivity index (χ0v) is 14.4. The van der Waals surface area contributed by atoms with Gasteiger partial charge in [-0.25, -0.2) is 9.66 Å². The lowest BCUT2D eigenvalue weighted by Crippen LogP contribution is -2.19. The first-order valence-electron chi connectivity index (χ1n) is 8.22. The number of imidazole rings is 1. The predicted molar refractivity (Wildman–Crippen MR) is 97.5 cm³/mol. The molecule has 3 heteroatoms. The highest BCUT2D eigenvalue weighted by molar-refractivity contribution is 5.76. The van der Waals surface area contributed by atoms with Crippen LogP contribution in [0.2, 0.25) is 0 Å². The molecule has 0 aliphatic rings. The number of benzene rings is 2. The van der Waals surface area contributed by atoms with Gasteiger partial charge in [0.2, 0.25) is 0 Å². The van der Waals surface area contributed by atoms with Crippen LogP contribution >= 0.6 is 0 Å². The molecule has 0 spiro atoms. The molecule has 3 aromatic rings. The van der Waals surface area contributed by atoms with E-state index in [1.807, 2.05) is 25.1 Å². The summed E-state index contributed by atoms with van der Waals surface area (Å²) in [6.45, 7) is 9.66. The molecule has 0 radical (unpaired) electrons.